The number of nitrogens with two attached hydrogens (primary N) is 1. The number of fused-ring (bicyclic) bond motifs is 5. The van der Waals surface area contributed by atoms with Gasteiger partial charge in [0, 0.05) is 48.5 Å². The highest BCUT2D eigenvalue weighted by Gasteiger charge is 2.39. The van der Waals surface area contributed by atoms with Gasteiger partial charge in [-0.2, -0.15) is 0 Å². The number of hydrogen-bond acceptors (Lipinski definition) is 6. The van der Waals surface area contributed by atoms with Crippen molar-refractivity contribution in [3.05, 3.63) is 79.9 Å². The number of nitrogens with zero attached hydrogens (tertiary/aromatic N) is 3. The molecule has 2 aliphatic carbocycles. The standard InChI is InChI=1S/C31H35N7O2S/c1-18-22(4-3-5-24(18)36-31(40)26-16-23-19-6-7-20(14-19)29(23)41-26)21-15-25(30(39)34-17-21)35-27(32)8-9-28(33)38-12-10-37(2)11-13-38/h3-5,8-9,15-17,19-20,33H,6-7,10-14H2,1-2H3,(H2,32,35)(H,34,39)(H,36,40)/b9-8-,33-28?. The average Bonchev–Trinajstić information content (AvgIpc) is 3.69. The number of benzene rings is 1. The van der Waals surface area contributed by atoms with Gasteiger partial charge in [0.2, 0.25) is 0 Å². The van der Waals surface area contributed by atoms with Crippen molar-refractivity contribution in [2.24, 2.45) is 10.7 Å². The molecule has 3 aromatic rings. The van der Waals surface area contributed by atoms with Crippen molar-refractivity contribution in [1.29, 1.82) is 5.41 Å². The molecular weight excluding hydrogens is 534 g/mol. The third kappa shape index (κ3) is 5.49. The zero-order chi connectivity index (χ0) is 28.7. The van der Waals surface area contributed by atoms with Crippen LogP contribution in [0.1, 0.15) is 56.8 Å². The third-order valence-corrected chi connectivity index (χ3v) is 9.85. The van der Waals surface area contributed by atoms with Gasteiger partial charge in [0.25, 0.3) is 11.5 Å². The number of rotatable bonds is 6. The maximum absolute atomic E-state index is 13.2. The smallest absolute Gasteiger partial charge is 0.273 e. The molecule has 2 atom stereocenters. The number of amidine groups is 2. The summed E-state index contributed by atoms with van der Waals surface area (Å²) in [6.07, 6.45) is 8.55. The molecule has 9 nitrogen and oxygen atoms in total. The molecule has 1 amide bonds. The van der Waals surface area contributed by atoms with Gasteiger partial charge in [-0.1, -0.05) is 12.1 Å². The highest BCUT2D eigenvalue weighted by atomic mass is 32.1. The predicted molar refractivity (Wildman–Crippen MR) is 166 cm³/mol. The number of pyridine rings is 1. The molecule has 0 spiro atoms. The fourth-order valence-corrected chi connectivity index (χ4v) is 7.43. The quantitative estimate of drug-likeness (QED) is 0.250. The molecule has 41 heavy (non-hydrogen) atoms. The fourth-order valence-electron chi connectivity index (χ4n) is 6.14. The SMILES string of the molecule is Cc1c(NC(=O)c2cc3c(s2)C2CCC3C2)cccc1-c1c[nH]c(=O)c(N=C(N)/C=C\C(=N)N2CCN(C)CC2)c1. The lowest BCUT2D eigenvalue weighted by Gasteiger charge is -2.33. The number of aromatic nitrogens is 1. The normalized spacial score (nSPS) is 20.5. The molecular formula is C31H35N7O2S. The summed E-state index contributed by atoms with van der Waals surface area (Å²) in [6, 6.07) is 9.52. The van der Waals surface area contributed by atoms with Gasteiger partial charge in [0.15, 0.2) is 0 Å². The number of aliphatic imine (C=N–C) groups is 1. The number of anilines is 1. The van der Waals surface area contributed by atoms with Gasteiger partial charge in [-0.15, -0.1) is 11.3 Å². The molecule has 1 aromatic carbocycles. The zero-order valence-electron chi connectivity index (χ0n) is 23.4. The summed E-state index contributed by atoms with van der Waals surface area (Å²) in [4.78, 5) is 39.2. The minimum absolute atomic E-state index is 0.0856. The number of thiophene rings is 1. The predicted octanol–water partition coefficient (Wildman–Crippen LogP) is 4.80. The van der Waals surface area contributed by atoms with Crippen LogP contribution in [0.2, 0.25) is 0 Å². The molecule has 2 unspecified atom stereocenters. The molecule has 2 fully saturated rings. The number of aromatic amines is 1. The Bertz CT molecular complexity index is 1600. The number of piperazine rings is 1. The van der Waals surface area contributed by atoms with Gasteiger partial charge in [-0.05, 0) is 92.1 Å². The van der Waals surface area contributed by atoms with Crippen LogP contribution >= 0.6 is 11.3 Å². The largest absolute Gasteiger partial charge is 0.384 e. The lowest BCUT2D eigenvalue weighted by molar-refractivity contribution is 0.103. The second kappa shape index (κ2) is 11.1. The Morgan fingerprint density at radius 3 is 2.73 bits per heavy atom. The minimum Gasteiger partial charge on any atom is -0.384 e. The number of H-pyrrole nitrogens is 1. The van der Waals surface area contributed by atoms with Crippen molar-refractivity contribution >= 4 is 40.3 Å². The Kier molecular flexibility index (Phi) is 7.35. The first-order chi connectivity index (χ1) is 19.8. The summed E-state index contributed by atoms with van der Waals surface area (Å²) in [5.74, 6) is 1.69. The average molecular weight is 570 g/mol. The number of likely N-dealkylation sites (N-methyl/N-ethyl adjacent to an activating group) is 1. The first kappa shape index (κ1) is 27.2. The summed E-state index contributed by atoms with van der Waals surface area (Å²) in [5, 5.41) is 11.4. The number of nitrogens with one attached hydrogen (secondary N) is 3. The van der Waals surface area contributed by atoms with Crippen molar-refractivity contribution in [3.8, 4) is 11.1 Å². The number of carbonyl (C=O) groups excluding carboxylic acids is 1. The van der Waals surface area contributed by atoms with E-state index < -0.39 is 0 Å². The highest BCUT2D eigenvalue weighted by Crippen LogP contribution is 2.55. The van der Waals surface area contributed by atoms with Crippen molar-refractivity contribution in [3.63, 3.8) is 0 Å². The van der Waals surface area contributed by atoms with Gasteiger partial charge in [0.05, 0.1) is 4.88 Å². The fraction of sp³-hybridized carbons (Fsp3) is 0.355. The van der Waals surface area contributed by atoms with Crippen molar-refractivity contribution in [2.45, 2.75) is 38.0 Å². The van der Waals surface area contributed by atoms with Crippen LogP contribution < -0.4 is 16.6 Å². The maximum atomic E-state index is 13.2. The van der Waals surface area contributed by atoms with E-state index in [0.717, 1.165) is 53.4 Å². The van der Waals surface area contributed by atoms with Crippen molar-refractivity contribution < 1.29 is 4.79 Å². The molecule has 212 valence electrons. The molecule has 3 heterocycles. The van der Waals surface area contributed by atoms with E-state index in [1.807, 2.05) is 30.0 Å². The lowest BCUT2D eigenvalue weighted by atomic mass is 9.98. The molecule has 2 aromatic heterocycles. The van der Waals surface area contributed by atoms with E-state index in [9.17, 15) is 9.59 Å². The molecule has 5 N–H and O–H groups in total. The second-order valence-corrected chi connectivity index (χ2v) is 12.3. The molecule has 2 bridgehead atoms. The molecule has 1 saturated carbocycles. The van der Waals surface area contributed by atoms with Crippen LogP contribution in [0.5, 0.6) is 0 Å². The monoisotopic (exact) mass is 569 g/mol. The summed E-state index contributed by atoms with van der Waals surface area (Å²) in [6.45, 7) is 5.34. The van der Waals surface area contributed by atoms with Crippen molar-refractivity contribution in [2.75, 3.05) is 38.5 Å². The Labute approximate surface area is 243 Å². The molecule has 0 radical (unpaired) electrons. The Morgan fingerprint density at radius 2 is 1.95 bits per heavy atom. The molecule has 3 aliphatic rings. The van der Waals surface area contributed by atoms with E-state index in [2.05, 4.69) is 33.3 Å². The van der Waals surface area contributed by atoms with Crippen LogP contribution in [0.3, 0.4) is 0 Å². The van der Waals surface area contributed by atoms with E-state index in [0.29, 0.717) is 17.7 Å². The van der Waals surface area contributed by atoms with E-state index in [4.69, 9.17) is 11.1 Å². The number of hydrogen-bond donors (Lipinski definition) is 4. The Hall–Kier alpha value is -4.02. The van der Waals surface area contributed by atoms with Crippen LogP contribution in [0.25, 0.3) is 11.1 Å². The maximum Gasteiger partial charge on any atom is 0.273 e. The highest BCUT2D eigenvalue weighted by molar-refractivity contribution is 7.14. The molecule has 6 rings (SSSR count). The van der Waals surface area contributed by atoms with Crippen LogP contribution in [0.4, 0.5) is 11.4 Å². The van der Waals surface area contributed by atoms with Crippen LogP contribution in [-0.2, 0) is 0 Å². The Morgan fingerprint density at radius 1 is 1.17 bits per heavy atom. The van der Waals surface area contributed by atoms with Gasteiger partial charge in [-0.25, -0.2) is 4.99 Å². The first-order valence-corrected chi connectivity index (χ1v) is 14.9. The molecule has 1 saturated heterocycles. The summed E-state index contributed by atoms with van der Waals surface area (Å²) < 4.78 is 0. The Balaban J connectivity index is 1.18. The van der Waals surface area contributed by atoms with Gasteiger partial charge < -0.3 is 25.8 Å². The summed E-state index contributed by atoms with van der Waals surface area (Å²) >= 11 is 1.64. The van der Waals surface area contributed by atoms with Gasteiger partial charge in [-0.3, -0.25) is 15.0 Å². The van der Waals surface area contributed by atoms with E-state index in [-0.39, 0.29) is 23.0 Å². The topological polar surface area (TPSA) is 131 Å². The van der Waals surface area contributed by atoms with Crippen molar-refractivity contribution in [1.82, 2.24) is 14.8 Å². The third-order valence-electron chi connectivity index (χ3n) is 8.54. The van der Waals surface area contributed by atoms with E-state index in [1.54, 1.807) is 35.8 Å². The van der Waals surface area contributed by atoms with Gasteiger partial charge in [0.1, 0.15) is 17.4 Å². The molecule has 10 heteroatoms. The first-order valence-electron chi connectivity index (χ1n) is 14.1. The van der Waals surface area contributed by atoms with Crippen LogP contribution in [0, 0.1) is 12.3 Å². The van der Waals surface area contributed by atoms with Crippen LogP contribution in [-0.4, -0.2) is 65.6 Å². The van der Waals surface area contributed by atoms with E-state index >= 15 is 0 Å². The number of carbonyl (C=O) groups is 1. The minimum atomic E-state index is -0.360. The molecule has 1 aliphatic heterocycles. The number of amides is 1. The van der Waals surface area contributed by atoms with E-state index in [1.165, 1.54) is 29.7 Å². The zero-order valence-corrected chi connectivity index (χ0v) is 24.2. The van der Waals surface area contributed by atoms with Crippen LogP contribution in [0.15, 0.2) is 58.5 Å². The lowest BCUT2D eigenvalue weighted by Crippen LogP contribution is -2.46. The van der Waals surface area contributed by atoms with Gasteiger partial charge >= 0.3 is 0 Å². The summed E-state index contributed by atoms with van der Waals surface area (Å²) in [5.41, 5.74) is 10.6. The summed E-state index contributed by atoms with van der Waals surface area (Å²) in [7, 11) is 2.07. The second-order valence-electron chi connectivity index (χ2n) is 11.2.